The molecule has 0 saturated heterocycles. The van der Waals surface area contributed by atoms with Crippen LogP contribution in [0.2, 0.25) is 0 Å². The Morgan fingerprint density at radius 1 is 1.15 bits per heavy atom. The van der Waals surface area contributed by atoms with E-state index in [1.54, 1.807) is 31.6 Å². The first-order valence-electron chi connectivity index (χ1n) is 13.7. The molecule has 0 radical (unpaired) electrons. The Labute approximate surface area is 239 Å². The van der Waals surface area contributed by atoms with Crippen LogP contribution in [-0.4, -0.2) is 66.3 Å². The van der Waals surface area contributed by atoms with Crippen molar-refractivity contribution in [2.75, 3.05) is 25.3 Å². The van der Waals surface area contributed by atoms with Crippen LogP contribution in [0.5, 0.6) is 5.88 Å². The second kappa shape index (κ2) is 9.33. The fraction of sp³-hybridized carbons (Fsp3) is 0.517. The number of methoxy groups -OCH3 is 1. The van der Waals surface area contributed by atoms with Crippen molar-refractivity contribution in [2.45, 2.75) is 74.4 Å². The van der Waals surface area contributed by atoms with Crippen LogP contribution in [0.15, 0.2) is 30.6 Å². The Kier molecular flexibility index (Phi) is 6.33. The summed E-state index contributed by atoms with van der Waals surface area (Å²) >= 11 is 0. The highest BCUT2D eigenvalue weighted by Gasteiger charge is 2.63. The molecular formula is C29H35N5O6S. The minimum atomic E-state index is -3.10. The number of carbonyl (C=O) groups excluding carboxylic acids is 1. The number of rotatable bonds is 8. The van der Waals surface area contributed by atoms with Gasteiger partial charge >= 0.3 is 5.97 Å². The molecule has 11 nitrogen and oxygen atoms in total. The Bertz CT molecular complexity index is 1660. The van der Waals surface area contributed by atoms with E-state index in [4.69, 9.17) is 24.9 Å². The van der Waals surface area contributed by atoms with Gasteiger partial charge in [-0.05, 0) is 57.2 Å². The van der Waals surface area contributed by atoms with Crippen molar-refractivity contribution in [1.82, 2.24) is 15.0 Å². The lowest BCUT2D eigenvalue weighted by Crippen LogP contribution is -2.46. The van der Waals surface area contributed by atoms with E-state index in [9.17, 15) is 13.2 Å². The predicted molar refractivity (Wildman–Crippen MR) is 153 cm³/mol. The second-order valence-electron chi connectivity index (χ2n) is 12.3. The monoisotopic (exact) mass is 581 g/mol. The molecular weight excluding hydrogens is 546 g/mol. The van der Waals surface area contributed by atoms with Crippen LogP contribution >= 0.6 is 0 Å². The quantitative estimate of drug-likeness (QED) is 0.375. The number of carbonyl (C=O) groups is 1. The number of nitrogens with one attached hydrogen (secondary N) is 1. The van der Waals surface area contributed by atoms with Gasteiger partial charge < -0.3 is 25.3 Å². The summed E-state index contributed by atoms with van der Waals surface area (Å²) in [5.74, 6) is 1.11. The number of nitrogens with zero attached hydrogens (tertiary/aromatic N) is 3. The lowest BCUT2D eigenvalue weighted by molar-refractivity contribution is -0.0285. The van der Waals surface area contributed by atoms with Crippen LogP contribution in [0.25, 0.3) is 10.8 Å². The SMILES string of the molecule is COC[C@@](C)(N)c1cnc(OC2CC(S(C)(=O)=O)C2)c2cnc(Nc3ccc4c(n3)C3(CC3)C(C)(C)OC4=O)cc12. The molecule has 218 valence electrons. The molecule has 3 aliphatic rings. The topological polar surface area (TPSA) is 156 Å². The predicted octanol–water partition coefficient (Wildman–Crippen LogP) is 3.52. The lowest BCUT2D eigenvalue weighted by Gasteiger charge is -2.39. The van der Waals surface area contributed by atoms with E-state index in [1.807, 2.05) is 26.8 Å². The van der Waals surface area contributed by atoms with Crippen molar-refractivity contribution >= 4 is 38.2 Å². The molecule has 0 aromatic carbocycles. The van der Waals surface area contributed by atoms with Gasteiger partial charge in [-0.25, -0.2) is 28.2 Å². The first-order chi connectivity index (χ1) is 19.2. The second-order valence-corrected chi connectivity index (χ2v) is 14.6. The molecule has 2 aliphatic carbocycles. The molecule has 12 heteroatoms. The van der Waals surface area contributed by atoms with E-state index >= 15 is 0 Å². The summed E-state index contributed by atoms with van der Waals surface area (Å²) < 4.78 is 41.0. The van der Waals surface area contributed by atoms with Gasteiger partial charge in [-0.1, -0.05) is 0 Å². The third-order valence-electron chi connectivity index (χ3n) is 8.81. The summed E-state index contributed by atoms with van der Waals surface area (Å²) in [6.45, 7) is 6.01. The molecule has 3 aromatic heterocycles. The summed E-state index contributed by atoms with van der Waals surface area (Å²) in [4.78, 5) is 26.7. The van der Waals surface area contributed by atoms with E-state index in [0.717, 1.165) is 29.5 Å². The van der Waals surface area contributed by atoms with Crippen molar-refractivity contribution < 1.29 is 27.4 Å². The number of hydrogen-bond donors (Lipinski definition) is 2. The maximum atomic E-state index is 12.7. The van der Waals surface area contributed by atoms with Gasteiger partial charge in [-0.2, -0.15) is 0 Å². The molecule has 2 fully saturated rings. The van der Waals surface area contributed by atoms with Gasteiger partial charge in [0.1, 0.15) is 23.3 Å². The Balaban J connectivity index is 1.35. The smallest absolute Gasteiger partial charge is 0.340 e. The highest BCUT2D eigenvalue weighted by Crippen LogP contribution is 2.59. The minimum absolute atomic E-state index is 0.248. The maximum absolute atomic E-state index is 12.7. The largest absolute Gasteiger partial charge is 0.474 e. The number of esters is 1. The van der Waals surface area contributed by atoms with Crippen molar-refractivity contribution in [3.63, 3.8) is 0 Å². The standard InChI is InChI=1S/C29H35N5O6S/c1-27(2)29(8-9-29)24-18(26(35)40-27)6-7-22(34-24)33-23-12-19-20(13-31-23)25(32-14-21(19)28(3,30)15-38-4)39-16-10-17(11-16)41(5,36)37/h6-7,12-14,16-17H,8-11,15,30H2,1-5H3,(H,31,33,34)/t16?,17?,28-/m1/s1. The van der Waals surface area contributed by atoms with Crippen molar-refractivity contribution in [2.24, 2.45) is 5.73 Å². The Morgan fingerprint density at radius 3 is 2.54 bits per heavy atom. The third-order valence-corrected chi connectivity index (χ3v) is 10.4. The molecule has 2 saturated carbocycles. The molecule has 0 amide bonds. The molecule has 3 aromatic rings. The molecule has 0 unspecified atom stereocenters. The summed E-state index contributed by atoms with van der Waals surface area (Å²) in [7, 11) is -1.51. The van der Waals surface area contributed by atoms with Crippen molar-refractivity contribution in [1.29, 1.82) is 0 Å². The highest BCUT2D eigenvalue weighted by atomic mass is 32.2. The van der Waals surface area contributed by atoms with Crippen LogP contribution in [0.4, 0.5) is 11.6 Å². The van der Waals surface area contributed by atoms with Crippen molar-refractivity contribution in [3.05, 3.63) is 47.4 Å². The summed E-state index contributed by atoms with van der Waals surface area (Å²) in [5.41, 5.74) is 6.89. The van der Waals surface area contributed by atoms with Crippen LogP contribution in [0, 0.1) is 0 Å². The normalized spacial score (nSPS) is 23.7. The third kappa shape index (κ3) is 4.71. The van der Waals surface area contributed by atoms with Gasteiger partial charge in [-0.15, -0.1) is 0 Å². The lowest BCUT2D eigenvalue weighted by atomic mass is 9.80. The van der Waals surface area contributed by atoms with Gasteiger partial charge in [0.05, 0.1) is 39.5 Å². The number of aromatic nitrogens is 3. The zero-order chi connectivity index (χ0) is 29.4. The Hall–Kier alpha value is -3.35. The molecule has 0 bridgehead atoms. The van der Waals surface area contributed by atoms with Gasteiger partial charge in [0.25, 0.3) is 0 Å². The average molecular weight is 582 g/mol. The van der Waals surface area contributed by atoms with Gasteiger partial charge in [-0.3, -0.25) is 0 Å². The highest BCUT2D eigenvalue weighted by molar-refractivity contribution is 7.91. The van der Waals surface area contributed by atoms with Gasteiger partial charge in [0.15, 0.2) is 9.84 Å². The minimum Gasteiger partial charge on any atom is -0.474 e. The number of anilines is 2. The first-order valence-corrected chi connectivity index (χ1v) is 15.6. The van der Waals surface area contributed by atoms with Crippen LogP contribution < -0.4 is 15.8 Å². The molecule has 3 N–H and O–H groups in total. The van der Waals surface area contributed by atoms with Crippen LogP contribution in [-0.2, 0) is 30.3 Å². The average Bonchev–Trinajstić information content (AvgIpc) is 3.66. The molecule has 41 heavy (non-hydrogen) atoms. The zero-order valence-electron chi connectivity index (χ0n) is 23.9. The van der Waals surface area contributed by atoms with Crippen molar-refractivity contribution in [3.8, 4) is 5.88 Å². The molecule has 1 spiro atoms. The van der Waals surface area contributed by atoms with E-state index in [-0.39, 0.29) is 24.1 Å². The number of cyclic esters (lactones) is 1. The molecule has 1 atom stereocenters. The number of pyridine rings is 3. The maximum Gasteiger partial charge on any atom is 0.340 e. The fourth-order valence-corrected chi connectivity index (χ4v) is 7.18. The number of nitrogens with two attached hydrogens (primary N) is 1. The van der Waals surface area contributed by atoms with Gasteiger partial charge in [0.2, 0.25) is 5.88 Å². The zero-order valence-corrected chi connectivity index (χ0v) is 24.7. The number of fused-ring (bicyclic) bond motifs is 3. The molecule has 4 heterocycles. The first kappa shape index (κ1) is 27.8. The van der Waals surface area contributed by atoms with Crippen LogP contribution in [0.1, 0.15) is 68.1 Å². The molecule has 6 rings (SSSR count). The van der Waals surface area contributed by atoms with Crippen LogP contribution in [0.3, 0.4) is 0 Å². The number of ether oxygens (including phenoxy) is 3. The summed E-state index contributed by atoms with van der Waals surface area (Å²) in [6, 6.07) is 5.37. The van der Waals surface area contributed by atoms with E-state index in [0.29, 0.717) is 41.3 Å². The summed E-state index contributed by atoms with van der Waals surface area (Å²) in [5, 5.41) is 4.33. The number of sulfone groups is 1. The van der Waals surface area contributed by atoms with E-state index in [2.05, 4.69) is 15.3 Å². The summed E-state index contributed by atoms with van der Waals surface area (Å²) in [6.07, 6.45) is 7.00. The fourth-order valence-electron chi connectivity index (χ4n) is 6.05. The van der Waals surface area contributed by atoms with E-state index < -0.39 is 26.2 Å². The van der Waals surface area contributed by atoms with E-state index in [1.165, 1.54) is 6.26 Å². The molecule has 1 aliphatic heterocycles. The van der Waals surface area contributed by atoms with Gasteiger partial charge in [0, 0.05) is 44.2 Å². The number of hydrogen-bond acceptors (Lipinski definition) is 11. The Morgan fingerprint density at radius 2 is 1.88 bits per heavy atom.